The van der Waals surface area contributed by atoms with E-state index in [-0.39, 0.29) is 0 Å². The van der Waals surface area contributed by atoms with E-state index in [4.69, 9.17) is 23.2 Å². The molecule has 0 heterocycles. The summed E-state index contributed by atoms with van der Waals surface area (Å²) in [5, 5.41) is 2.06. The largest absolute Gasteiger partial charge is 0.0875 e. The molecule has 0 radical (unpaired) electrons. The Kier molecular flexibility index (Phi) is 3.91. The second-order valence-corrected chi connectivity index (χ2v) is 4.79. The average Bonchev–Trinajstić information content (AvgIpc) is 2.30. The highest BCUT2D eigenvalue weighted by Gasteiger charge is 2.07. The minimum atomic E-state index is 0.666. The second kappa shape index (κ2) is 5.22. The lowest BCUT2D eigenvalue weighted by molar-refractivity contribution is 1.43. The van der Waals surface area contributed by atoms with Crippen molar-refractivity contribution in [1.82, 2.24) is 0 Å². The molecule has 2 rings (SSSR count). The van der Waals surface area contributed by atoms with E-state index in [1.54, 1.807) is 0 Å². The smallest absolute Gasteiger partial charge is 0.0467 e. The number of benzene rings is 2. The van der Waals surface area contributed by atoms with Crippen LogP contribution in [0.2, 0.25) is 10.0 Å². The van der Waals surface area contributed by atoms with Gasteiger partial charge in [-0.25, -0.2) is 0 Å². The molecule has 2 aromatic carbocycles. The number of halogens is 3. The van der Waals surface area contributed by atoms with Gasteiger partial charge in [0.25, 0.3) is 0 Å². The van der Waals surface area contributed by atoms with Crippen LogP contribution in [-0.2, 0) is 5.33 Å². The lowest BCUT2D eigenvalue weighted by atomic mass is 10.0. The Balaban J connectivity index is 2.53. The zero-order chi connectivity index (χ0) is 11.5. The first-order valence-corrected chi connectivity index (χ1v) is 6.69. The van der Waals surface area contributed by atoms with Gasteiger partial charge in [0.05, 0.1) is 0 Å². The van der Waals surface area contributed by atoms with Gasteiger partial charge in [-0.05, 0) is 28.8 Å². The molecule has 0 aliphatic rings. The molecule has 0 aliphatic heterocycles. The van der Waals surface area contributed by atoms with Gasteiger partial charge in [-0.15, -0.1) is 0 Å². The molecular weight excluding hydrogens is 307 g/mol. The molecule has 0 unspecified atom stereocenters. The summed E-state index contributed by atoms with van der Waals surface area (Å²) in [6, 6.07) is 13.9. The first kappa shape index (κ1) is 12.0. The monoisotopic (exact) mass is 314 g/mol. The molecule has 3 heteroatoms. The zero-order valence-corrected chi connectivity index (χ0v) is 11.5. The molecular formula is C13H9BrCl2. The molecule has 0 saturated carbocycles. The zero-order valence-electron chi connectivity index (χ0n) is 8.38. The summed E-state index contributed by atoms with van der Waals surface area (Å²) in [7, 11) is 0. The fraction of sp³-hybridized carbons (Fsp3) is 0.0769. The molecule has 0 atom stereocenters. The molecule has 2 aromatic rings. The van der Waals surface area contributed by atoms with Crippen LogP contribution in [-0.4, -0.2) is 0 Å². The van der Waals surface area contributed by atoms with Gasteiger partial charge in [0, 0.05) is 15.4 Å². The maximum absolute atomic E-state index is 6.17. The Bertz CT molecular complexity index is 472. The van der Waals surface area contributed by atoms with Crippen LogP contribution in [0.3, 0.4) is 0 Å². The Labute approximate surface area is 113 Å². The standard InChI is InChI=1S/C13H9BrCl2/c14-8-11-12(15)6-10(7-13(11)16)9-4-2-1-3-5-9/h1-7H,8H2. The van der Waals surface area contributed by atoms with Gasteiger partial charge in [0.2, 0.25) is 0 Å². The minimum absolute atomic E-state index is 0.666. The van der Waals surface area contributed by atoms with Crippen molar-refractivity contribution in [2.45, 2.75) is 5.33 Å². The molecule has 0 fully saturated rings. The fourth-order valence-electron chi connectivity index (χ4n) is 1.53. The van der Waals surface area contributed by atoms with Crippen molar-refractivity contribution in [3.63, 3.8) is 0 Å². The normalized spacial score (nSPS) is 10.4. The van der Waals surface area contributed by atoms with Crippen LogP contribution >= 0.6 is 39.1 Å². The topological polar surface area (TPSA) is 0 Å². The van der Waals surface area contributed by atoms with Gasteiger partial charge in [0.15, 0.2) is 0 Å². The van der Waals surface area contributed by atoms with Gasteiger partial charge in [-0.1, -0.05) is 69.5 Å². The highest BCUT2D eigenvalue weighted by Crippen LogP contribution is 2.32. The van der Waals surface area contributed by atoms with E-state index in [1.807, 2.05) is 42.5 Å². The van der Waals surface area contributed by atoms with Crippen LogP contribution in [0.5, 0.6) is 0 Å². The van der Waals surface area contributed by atoms with Crippen molar-refractivity contribution >= 4 is 39.1 Å². The first-order valence-electron chi connectivity index (χ1n) is 4.81. The van der Waals surface area contributed by atoms with Crippen molar-refractivity contribution < 1.29 is 0 Å². The van der Waals surface area contributed by atoms with Crippen molar-refractivity contribution in [3.05, 3.63) is 58.1 Å². The Morgan fingerprint density at radius 3 is 1.94 bits per heavy atom. The fourth-order valence-corrected chi connectivity index (χ4v) is 3.08. The van der Waals surface area contributed by atoms with Crippen LogP contribution in [0, 0.1) is 0 Å². The lowest BCUT2D eigenvalue weighted by Crippen LogP contribution is -1.85. The van der Waals surface area contributed by atoms with Gasteiger partial charge in [0.1, 0.15) is 0 Å². The van der Waals surface area contributed by atoms with Gasteiger partial charge < -0.3 is 0 Å². The molecule has 0 bridgehead atoms. The molecule has 0 N–H and O–H groups in total. The predicted molar refractivity (Wildman–Crippen MR) is 74.5 cm³/mol. The summed E-state index contributed by atoms with van der Waals surface area (Å²) in [4.78, 5) is 0. The minimum Gasteiger partial charge on any atom is -0.0875 e. The third-order valence-electron chi connectivity index (χ3n) is 2.38. The van der Waals surface area contributed by atoms with E-state index in [0.29, 0.717) is 15.4 Å². The van der Waals surface area contributed by atoms with Gasteiger partial charge in [-0.3, -0.25) is 0 Å². The number of hydrogen-bond acceptors (Lipinski definition) is 0. The summed E-state index contributed by atoms with van der Waals surface area (Å²) in [6.45, 7) is 0. The Hall–Kier alpha value is -0.500. The molecule has 0 nitrogen and oxygen atoms in total. The Morgan fingerprint density at radius 1 is 0.875 bits per heavy atom. The van der Waals surface area contributed by atoms with Crippen LogP contribution in [0.1, 0.15) is 5.56 Å². The third kappa shape index (κ3) is 2.42. The summed E-state index contributed by atoms with van der Waals surface area (Å²) >= 11 is 15.7. The second-order valence-electron chi connectivity index (χ2n) is 3.42. The molecule has 0 spiro atoms. The van der Waals surface area contributed by atoms with E-state index >= 15 is 0 Å². The highest BCUT2D eigenvalue weighted by atomic mass is 79.9. The molecule has 16 heavy (non-hydrogen) atoms. The predicted octanol–water partition coefficient (Wildman–Crippen LogP) is 5.56. The summed E-state index contributed by atoms with van der Waals surface area (Å²) in [6.07, 6.45) is 0. The van der Waals surface area contributed by atoms with E-state index in [9.17, 15) is 0 Å². The molecule has 0 saturated heterocycles. The number of hydrogen-bond donors (Lipinski definition) is 0. The maximum atomic E-state index is 6.17. The Morgan fingerprint density at radius 2 is 1.44 bits per heavy atom. The molecule has 0 aliphatic carbocycles. The summed E-state index contributed by atoms with van der Waals surface area (Å²) in [5.41, 5.74) is 3.09. The van der Waals surface area contributed by atoms with Crippen LogP contribution < -0.4 is 0 Å². The third-order valence-corrected chi connectivity index (χ3v) is 3.62. The van der Waals surface area contributed by atoms with E-state index in [2.05, 4.69) is 15.9 Å². The lowest BCUT2D eigenvalue weighted by Gasteiger charge is -2.08. The highest BCUT2D eigenvalue weighted by molar-refractivity contribution is 9.08. The number of rotatable bonds is 2. The van der Waals surface area contributed by atoms with Crippen LogP contribution in [0.25, 0.3) is 11.1 Å². The molecule has 82 valence electrons. The van der Waals surface area contributed by atoms with E-state index in [1.165, 1.54) is 0 Å². The van der Waals surface area contributed by atoms with Crippen LogP contribution in [0.15, 0.2) is 42.5 Å². The molecule has 0 amide bonds. The SMILES string of the molecule is Clc1cc(-c2ccccc2)cc(Cl)c1CBr. The molecule has 0 aromatic heterocycles. The average molecular weight is 316 g/mol. The van der Waals surface area contributed by atoms with Gasteiger partial charge >= 0.3 is 0 Å². The van der Waals surface area contributed by atoms with E-state index in [0.717, 1.165) is 16.7 Å². The van der Waals surface area contributed by atoms with Crippen molar-refractivity contribution in [2.75, 3.05) is 0 Å². The summed E-state index contributed by atoms with van der Waals surface area (Å²) in [5.74, 6) is 0. The van der Waals surface area contributed by atoms with Crippen molar-refractivity contribution in [2.24, 2.45) is 0 Å². The van der Waals surface area contributed by atoms with Crippen molar-refractivity contribution in [3.8, 4) is 11.1 Å². The van der Waals surface area contributed by atoms with Crippen LogP contribution in [0.4, 0.5) is 0 Å². The van der Waals surface area contributed by atoms with Crippen molar-refractivity contribution in [1.29, 1.82) is 0 Å². The number of alkyl halides is 1. The van der Waals surface area contributed by atoms with Gasteiger partial charge in [-0.2, -0.15) is 0 Å². The van der Waals surface area contributed by atoms with E-state index < -0.39 is 0 Å². The first-order chi connectivity index (χ1) is 7.72. The summed E-state index contributed by atoms with van der Waals surface area (Å²) < 4.78 is 0. The maximum Gasteiger partial charge on any atom is 0.0467 e. The quantitative estimate of drug-likeness (QED) is 0.637.